The highest BCUT2D eigenvalue weighted by molar-refractivity contribution is 9.10. The van der Waals surface area contributed by atoms with Crippen molar-refractivity contribution in [3.63, 3.8) is 0 Å². The standard InChI is InChI=1S/C17H16BrN3O5S/c18-14-6-2-1-5-13(14)17(22)19-9-11-20(12-10-19)27(25,26)16-8-4-3-7-15(16)21(23)24/h1-8H,9-12H2. The van der Waals surface area contributed by atoms with Gasteiger partial charge in [0.1, 0.15) is 0 Å². The Balaban J connectivity index is 1.77. The van der Waals surface area contributed by atoms with E-state index in [2.05, 4.69) is 15.9 Å². The van der Waals surface area contributed by atoms with Crippen molar-refractivity contribution in [3.05, 3.63) is 68.7 Å². The Kier molecular flexibility index (Phi) is 5.59. The molecule has 0 N–H and O–H groups in total. The third kappa shape index (κ3) is 3.87. The van der Waals surface area contributed by atoms with E-state index in [-0.39, 0.29) is 37.0 Å². The van der Waals surface area contributed by atoms with Crippen LogP contribution in [0.15, 0.2) is 57.9 Å². The summed E-state index contributed by atoms with van der Waals surface area (Å²) in [5.41, 5.74) is 0.0525. The summed E-state index contributed by atoms with van der Waals surface area (Å²) in [6.07, 6.45) is 0. The molecule has 8 nitrogen and oxygen atoms in total. The topological polar surface area (TPSA) is 101 Å². The predicted octanol–water partition coefficient (Wildman–Crippen LogP) is 2.50. The largest absolute Gasteiger partial charge is 0.336 e. The number of halogens is 1. The van der Waals surface area contributed by atoms with E-state index in [1.807, 2.05) is 0 Å². The van der Waals surface area contributed by atoms with Gasteiger partial charge in [-0.1, -0.05) is 24.3 Å². The van der Waals surface area contributed by atoms with Gasteiger partial charge in [0.05, 0.1) is 10.5 Å². The molecule has 0 spiro atoms. The molecule has 1 aliphatic rings. The lowest BCUT2D eigenvalue weighted by Crippen LogP contribution is -2.50. The minimum atomic E-state index is -4.02. The van der Waals surface area contributed by atoms with Gasteiger partial charge in [-0.2, -0.15) is 4.31 Å². The third-order valence-corrected chi connectivity index (χ3v) is 6.95. The van der Waals surface area contributed by atoms with Crippen LogP contribution in [0.25, 0.3) is 0 Å². The lowest BCUT2D eigenvalue weighted by Gasteiger charge is -2.34. The smallest absolute Gasteiger partial charge is 0.289 e. The van der Waals surface area contributed by atoms with E-state index in [4.69, 9.17) is 0 Å². The van der Waals surface area contributed by atoms with Gasteiger partial charge in [-0.25, -0.2) is 8.42 Å². The van der Waals surface area contributed by atoms with E-state index in [0.717, 1.165) is 0 Å². The molecule has 0 saturated carbocycles. The number of rotatable bonds is 4. The molecule has 2 aromatic rings. The Morgan fingerprint density at radius 3 is 2.22 bits per heavy atom. The van der Waals surface area contributed by atoms with Gasteiger partial charge in [0, 0.05) is 36.7 Å². The van der Waals surface area contributed by atoms with Crippen LogP contribution >= 0.6 is 15.9 Å². The summed E-state index contributed by atoms with van der Waals surface area (Å²) < 4.78 is 27.5. The number of piperazine rings is 1. The zero-order valence-corrected chi connectivity index (χ0v) is 16.5. The first-order chi connectivity index (χ1) is 12.8. The number of nitro benzene ring substituents is 1. The predicted molar refractivity (Wildman–Crippen MR) is 102 cm³/mol. The van der Waals surface area contributed by atoms with Gasteiger partial charge < -0.3 is 4.90 Å². The SMILES string of the molecule is O=C(c1ccccc1Br)N1CCN(S(=O)(=O)c2ccccc2[N+](=O)[O-])CC1. The second kappa shape index (κ2) is 7.75. The fourth-order valence-corrected chi connectivity index (χ4v) is 4.94. The molecule has 2 aromatic carbocycles. The van der Waals surface area contributed by atoms with Gasteiger partial charge in [0.15, 0.2) is 4.90 Å². The van der Waals surface area contributed by atoms with E-state index in [9.17, 15) is 23.3 Å². The molecular weight excluding hydrogens is 438 g/mol. The van der Waals surface area contributed by atoms with Gasteiger partial charge >= 0.3 is 0 Å². The van der Waals surface area contributed by atoms with Crippen molar-refractivity contribution < 1.29 is 18.1 Å². The Bertz CT molecular complexity index is 988. The Hall–Kier alpha value is -2.30. The molecule has 10 heteroatoms. The highest BCUT2D eigenvalue weighted by Crippen LogP contribution is 2.27. The lowest BCUT2D eigenvalue weighted by atomic mass is 10.2. The zero-order valence-electron chi connectivity index (χ0n) is 14.1. The zero-order chi connectivity index (χ0) is 19.6. The average Bonchev–Trinajstić information content (AvgIpc) is 2.68. The van der Waals surface area contributed by atoms with Crippen LogP contribution in [-0.2, 0) is 10.0 Å². The Morgan fingerprint density at radius 2 is 1.59 bits per heavy atom. The molecular formula is C17H16BrN3O5S. The maximum absolute atomic E-state index is 12.8. The molecule has 0 bridgehead atoms. The first kappa shape index (κ1) is 19.5. The average molecular weight is 454 g/mol. The van der Waals surface area contributed by atoms with Crippen molar-refractivity contribution in [1.82, 2.24) is 9.21 Å². The molecule has 3 rings (SSSR count). The molecule has 27 heavy (non-hydrogen) atoms. The number of nitro groups is 1. The van der Waals surface area contributed by atoms with Crippen molar-refractivity contribution in [3.8, 4) is 0 Å². The van der Waals surface area contributed by atoms with E-state index in [1.54, 1.807) is 29.2 Å². The van der Waals surface area contributed by atoms with Crippen molar-refractivity contribution in [2.24, 2.45) is 0 Å². The molecule has 1 fully saturated rings. The number of hydrogen-bond acceptors (Lipinski definition) is 5. The summed E-state index contributed by atoms with van der Waals surface area (Å²) >= 11 is 3.34. The molecule has 1 saturated heterocycles. The number of amides is 1. The highest BCUT2D eigenvalue weighted by Gasteiger charge is 2.34. The Morgan fingerprint density at radius 1 is 1.00 bits per heavy atom. The monoisotopic (exact) mass is 453 g/mol. The van der Waals surface area contributed by atoms with E-state index in [1.165, 1.54) is 28.6 Å². The molecule has 1 heterocycles. The lowest BCUT2D eigenvalue weighted by molar-refractivity contribution is -0.387. The molecule has 0 aliphatic carbocycles. The molecule has 0 radical (unpaired) electrons. The molecule has 1 amide bonds. The highest BCUT2D eigenvalue weighted by atomic mass is 79.9. The molecule has 0 aromatic heterocycles. The number of hydrogen-bond donors (Lipinski definition) is 0. The fraction of sp³-hybridized carbons (Fsp3) is 0.235. The van der Waals surface area contributed by atoms with Gasteiger partial charge in [-0.3, -0.25) is 14.9 Å². The Labute approximate surface area is 164 Å². The second-order valence-corrected chi connectivity index (χ2v) is 8.66. The summed E-state index contributed by atoms with van der Waals surface area (Å²) in [7, 11) is -4.02. The van der Waals surface area contributed by atoms with Crippen molar-refractivity contribution in [1.29, 1.82) is 0 Å². The normalized spacial score (nSPS) is 15.5. The summed E-state index contributed by atoms with van der Waals surface area (Å²) in [6.45, 7) is 0.565. The van der Waals surface area contributed by atoms with Crippen LogP contribution in [0, 0.1) is 10.1 Å². The summed E-state index contributed by atoms with van der Waals surface area (Å²) in [6, 6.07) is 12.3. The van der Waals surface area contributed by atoms with Gasteiger partial charge in [-0.05, 0) is 34.1 Å². The minimum absolute atomic E-state index is 0.0740. The number of benzene rings is 2. The summed E-state index contributed by atoms with van der Waals surface area (Å²) in [5, 5.41) is 11.1. The number of nitrogens with zero attached hydrogens (tertiary/aromatic N) is 3. The van der Waals surface area contributed by atoms with Crippen LogP contribution in [-0.4, -0.2) is 54.6 Å². The number of carbonyl (C=O) groups excluding carboxylic acids is 1. The maximum atomic E-state index is 12.8. The van der Waals surface area contributed by atoms with Gasteiger partial charge in [-0.15, -0.1) is 0 Å². The van der Waals surface area contributed by atoms with Crippen LogP contribution in [0.4, 0.5) is 5.69 Å². The van der Waals surface area contributed by atoms with Crippen LogP contribution in [0.3, 0.4) is 0 Å². The summed E-state index contributed by atoms with van der Waals surface area (Å²) in [4.78, 5) is 24.3. The van der Waals surface area contributed by atoms with Crippen LogP contribution in [0.5, 0.6) is 0 Å². The maximum Gasteiger partial charge on any atom is 0.289 e. The van der Waals surface area contributed by atoms with E-state index < -0.39 is 20.6 Å². The van der Waals surface area contributed by atoms with E-state index in [0.29, 0.717) is 10.0 Å². The first-order valence-electron chi connectivity index (χ1n) is 8.10. The van der Waals surface area contributed by atoms with Crippen molar-refractivity contribution in [2.75, 3.05) is 26.2 Å². The quantitative estimate of drug-likeness (QED) is 0.522. The van der Waals surface area contributed by atoms with Crippen LogP contribution in [0.1, 0.15) is 10.4 Å². The van der Waals surface area contributed by atoms with Gasteiger partial charge in [0.25, 0.3) is 11.6 Å². The first-order valence-corrected chi connectivity index (χ1v) is 10.3. The molecule has 0 unspecified atom stereocenters. The van der Waals surface area contributed by atoms with E-state index >= 15 is 0 Å². The van der Waals surface area contributed by atoms with Crippen LogP contribution < -0.4 is 0 Å². The second-order valence-electron chi connectivity index (χ2n) is 5.90. The summed E-state index contributed by atoms with van der Waals surface area (Å²) in [5.74, 6) is -0.190. The number of carbonyl (C=O) groups is 1. The van der Waals surface area contributed by atoms with Crippen LogP contribution in [0.2, 0.25) is 0 Å². The number of para-hydroxylation sites is 1. The molecule has 0 atom stereocenters. The molecule has 1 aliphatic heterocycles. The van der Waals surface area contributed by atoms with Crippen molar-refractivity contribution >= 4 is 37.5 Å². The third-order valence-electron chi connectivity index (χ3n) is 4.31. The fourth-order valence-electron chi connectivity index (χ4n) is 2.90. The number of sulfonamides is 1. The van der Waals surface area contributed by atoms with Crippen molar-refractivity contribution in [2.45, 2.75) is 4.90 Å². The van der Waals surface area contributed by atoms with Gasteiger partial charge in [0.2, 0.25) is 10.0 Å². The molecule has 142 valence electrons. The minimum Gasteiger partial charge on any atom is -0.336 e.